The largest absolute Gasteiger partial charge is 0.462 e. The van der Waals surface area contributed by atoms with E-state index in [4.69, 9.17) is 23.4 Å². The fourth-order valence-electron chi connectivity index (χ4n) is 3.15. The molecule has 1 aromatic carbocycles. The van der Waals surface area contributed by atoms with Crippen LogP contribution < -0.4 is 10.4 Å². The van der Waals surface area contributed by atoms with Crippen LogP contribution in [0.5, 0.6) is 5.75 Å². The van der Waals surface area contributed by atoms with Crippen LogP contribution in [0.4, 0.5) is 0 Å². The van der Waals surface area contributed by atoms with Gasteiger partial charge in [0.1, 0.15) is 35.7 Å². The Morgan fingerprint density at radius 1 is 1.12 bits per heavy atom. The number of fused-ring (bicyclic) bond motifs is 2. The minimum atomic E-state index is -1.09. The zero-order valence-corrected chi connectivity index (χ0v) is 13.2. The molecular weight excluding hydrogens is 332 g/mol. The zero-order valence-electron chi connectivity index (χ0n) is 13.2. The normalized spacial score (nSPS) is 32.3. The van der Waals surface area contributed by atoms with Gasteiger partial charge in [-0.3, -0.25) is 0 Å². The summed E-state index contributed by atoms with van der Waals surface area (Å²) in [4.78, 5) is 11.3. The first kappa shape index (κ1) is 16.5. The van der Waals surface area contributed by atoms with Crippen molar-refractivity contribution in [2.75, 3.05) is 19.8 Å². The molecule has 0 amide bonds. The minimum absolute atomic E-state index is 0.288. The molecule has 2 N–H and O–H groups in total. The van der Waals surface area contributed by atoms with Crippen LogP contribution in [0.2, 0.25) is 0 Å². The van der Waals surface area contributed by atoms with Crippen molar-refractivity contribution >= 4 is 11.0 Å². The molecule has 8 heteroatoms. The lowest BCUT2D eigenvalue weighted by Crippen LogP contribution is -2.63. The molecule has 0 aliphatic carbocycles. The maximum Gasteiger partial charge on any atom is 0.336 e. The summed E-state index contributed by atoms with van der Waals surface area (Å²) in [6.07, 6.45) is -4.01. The Kier molecular flexibility index (Phi) is 4.45. The average molecular weight is 350 g/mol. The first-order valence-electron chi connectivity index (χ1n) is 8.04. The van der Waals surface area contributed by atoms with Gasteiger partial charge in [-0.15, -0.1) is 0 Å². The lowest BCUT2D eigenvalue weighted by molar-refractivity contribution is -0.313. The standard InChI is InChI=1S/C17H18O8/c18-8-12-15-16(22-6-5-21-15)14(20)17(25-12)23-10-3-1-9-2-4-13(19)24-11(9)7-10/h1-4,7,12,14-18,20H,5-6,8H2/t12-,14-,15-,16-,17-/m1/s1. The molecule has 3 heterocycles. The molecule has 0 bridgehead atoms. The molecule has 134 valence electrons. The number of aliphatic hydroxyl groups excluding tert-OH is 2. The molecule has 2 saturated heterocycles. The number of benzene rings is 1. The van der Waals surface area contributed by atoms with E-state index in [-0.39, 0.29) is 6.61 Å². The first-order chi connectivity index (χ1) is 12.2. The van der Waals surface area contributed by atoms with Crippen LogP contribution in [0.25, 0.3) is 11.0 Å². The highest BCUT2D eigenvalue weighted by Gasteiger charge is 2.49. The smallest absolute Gasteiger partial charge is 0.336 e. The van der Waals surface area contributed by atoms with Crippen molar-refractivity contribution in [3.8, 4) is 5.75 Å². The number of hydrogen-bond acceptors (Lipinski definition) is 8. The van der Waals surface area contributed by atoms with Gasteiger partial charge in [-0.05, 0) is 18.2 Å². The van der Waals surface area contributed by atoms with Crippen LogP contribution in [0.3, 0.4) is 0 Å². The van der Waals surface area contributed by atoms with Crippen molar-refractivity contribution < 1.29 is 33.6 Å². The van der Waals surface area contributed by atoms with E-state index in [1.807, 2.05) is 0 Å². The quantitative estimate of drug-likeness (QED) is 0.747. The predicted octanol–water partition coefficient (Wildman–Crippen LogP) is 0.0339. The third-order valence-corrected chi connectivity index (χ3v) is 4.35. The molecule has 0 unspecified atom stereocenters. The third kappa shape index (κ3) is 3.14. The number of ether oxygens (including phenoxy) is 4. The lowest BCUT2D eigenvalue weighted by Gasteiger charge is -2.45. The number of aliphatic hydroxyl groups is 2. The fourth-order valence-corrected chi connectivity index (χ4v) is 3.15. The Labute approximate surface area is 142 Å². The Balaban J connectivity index is 1.57. The van der Waals surface area contributed by atoms with E-state index in [0.717, 1.165) is 5.39 Å². The van der Waals surface area contributed by atoms with Crippen LogP contribution in [0.1, 0.15) is 0 Å². The van der Waals surface area contributed by atoms with Crippen molar-refractivity contribution in [1.29, 1.82) is 0 Å². The maximum atomic E-state index is 11.3. The van der Waals surface area contributed by atoms with Crippen molar-refractivity contribution in [2.24, 2.45) is 0 Å². The summed E-state index contributed by atoms with van der Waals surface area (Å²) in [6, 6.07) is 7.94. The van der Waals surface area contributed by atoms with Gasteiger partial charge in [0.15, 0.2) is 0 Å². The van der Waals surface area contributed by atoms with E-state index in [1.54, 1.807) is 24.3 Å². The maximum absolute atomic E-state index is 11.3. The van der Waals surface area contributed by atoms with Crippen molar-refractivity contribution in [3.05, 3.63) is 40.8 Å². The van der Waals surface area contributed by atoms with Gasteiger partial charge in [0, 0.05) is 17.5 Å². The van der Waals surface area contributed by atoms with E-state index in [1.165, 1.54) is 6.07 Å². The van der Waals surface area contributed by atoms with Crippen LogP contribution in [-0.2, 0) is 14.2 Å². The van der Waals surface area contributed by atoms with Crippen molar-refractivity contribution in [1.82, 2.24) is 0 Å². The minimum Gasteiger partial charge on any atom is -0.462 e. The SMILES string of the molecule is O=c1ccc2ccc(O[C@@H]3O[C@H](CO)[C@H]4OCCO[C@@H]4[C@H]3O)cc2o1. The van der Waals surface area contributed by atoms with Crippen LogP contribution in [0.15, 0.2) is 39.5 Å². The number of hydrogen-bond donors (Lipinski definition) is 2. The highest BCUT2D eigenvalue weighted by molar-refractivity contribution is 5.77. The molecular formula is C17H18O8. The van der Waals surface area contributed by atoms with Gasteiger partial charge in [-0.2, -0.15) is 0 Å². The van der Waals surface area contributed by atoms with Crippen LogP contribution in [0, 0.1) is 0 Å². The summed E-state index contributed by atoms with van der Waals surface area (Å²) in [6.45, 7) is 0.441. The van der Waals surface area contributed by atoms with Gasteiger partial charge in [-0.25, -0.2) is 4.79 Å². The monoisotopic (exact) mass is 350 g/mol. The van der Waals surface area contributed by atoms with Crippen LogP contribution >= 0.6 is 0 Å². The summed E-state index contributed by atoms with van der Waals surface area (Å²) in [5.74, 6) is 0.359. The van der Waals surface area contributed by atoms with Gasteiger partial charge in [0.05, 0.1) is 19.8 Å². The molecule has 5 atom stereocenters. The molecule has 0 saturated carbocycles. The Hall–Kier alpha value is -1.97. The van der Waals surface area contributed by atoms with Gasteiger partial charge < -0.3 is 33.6 Å². The lowest BCUT2D eigenvalue weighted by atomic mass is 9.98. The molecule has 25 heavy (non-hydrogen) atoms. The summed E-state index contributed by atoms with van der Waals surface area (Å²) < 4.78 is 27.6. The second-order valence-corrected chi connectivity index (χ2v) is 5.96. The van der Waals surface area contributed by atoms with E-state index in [2.05, 4.69) is 0 Å². The zero-order chi connectivity index (χ0) is 17.4. The molecule has 8 nitrogen and oxygen atoms in total. The van der Waals surface area contributed by atoms with E-state index < -0.39 is 36.3 Å². The van der Waals surface area contributed by atoms with Gasteiger partial charge in [0.2, 0.25) is 6.29 Å². The van der Waals surface area contributed by atoms with Crippen molar-refractivity contribution in [2.45, 2.75) is 30.7 Å². The molecule has 2 aromatic rings. The predicted molar refractivity (Wildman–Crippen MR) is 84.3 cm³/mol. The van der Waals surface area contributed by atoms with Gasteiger partial charge in [-0.1, -0.05) is 0 Å². The summed E-state index contributed by atoms with van der Waals surface area (Å²) in [5, 5.41) is 20.8. The van der Waals surface area contributed by atoms with Gasteiger partial charge >= 0.3 is 5.63 Å². The molecule has 4 rings (SSSR count). The van der Waals surface area contributed by atoms with Crippen molar-refractivity contribution in [3.63, 3.8) is 0 Å². The summed E-state index contributed by atoms with van der Waals surface area (Å²) in [5.41, 5.74) is -0.0984. The summed E-state index contributed by atoms with van der Waals surface area (Å²) >= 11 is 0. The van der Waals surface area contributed by atoms with E-state index in [0.29, 0.717) is 24.5 Å². The van der Waals surface area contributed by atoms with E-state index in [9.17, 15) is 15.0 Å². The van der Waals surface area contributed by atoms with Crippen LogP contribution in [-0.4, -0.2) is 60.7 Å². The molecule has 1 aromatic heterocycles. The second-order valence-electron chi connectivity index (χ2n) is 5.96. The first-order valence-corrected chi connectivity index (χ1v) is 8.04. The molecule has 2 fully saturated rings. The topological polar surface area (TPSA) is 108 Å². The van der Waals surface area contributed by atoms with E-state index >= 15 is 0 Å². The third-order valence-electron chi connectivity index (χ3n) is 4.35. The van der Waals surface area contributed by atoms with Gasteiger partial charge in [0.25, 0.3) is 0 Å². The molecule has 2 aliphatic rings. The Morgan fingerprint density at radius 2 is 1.88 bits per heavy atom. The number of rotatable bonds is 3. The highest BCUT2D eigenvalue weighted by atomic mass is 16.7. The average Bonchev–Trinajstić information content (AvgIpc) is 2.64. The summed E-state index contributed by atoms with van der Waals surface area (Å²) in [7, 11) is 0. The molecule has 2 aliphatic heterocycles. The second kappa shape index (κ2) is 6.74. The highest BCUT2D eigenvalue weighted by Crippen LogP contribution is 2.30. The molecule has 0 spiro atoms. The Morgan fingerprint density at radius 3 is 2.68 bits per heavy atom. The molecule has 0 radical (unpaired) electrons. The Bertz CT molecular complexity index is 803. The fraction of sp³-hybridized carbons (Fsp3) is 0.471.